The first-order valence-electron chi connectivity index (χ1n) is 10.8. The number of hydrogen-bond donors (Lipinski definition) is 2. The molecule has 0 bridgehead atoms. The molecule has 1 aromatic rings. The van der Waals surface area contributed by atoms with E-state index >= 15 is 0 Å². The second-order valence-corrected chi connectivity index (χ2v) is 7.52. The van der Waals surface area contributed by atoms with E-state index in [4.69, 9.17) is 18.7 Å². The Morgan fingerprint density at radius 1 is 0.966 bits per heavy atom. The average Bonchev–Trinajstić information content (AvgIpc) is 2.64. The van der Waals surface area contributed by atoms with Crippen LogP contribution in [0.5, 0.6) is 23.0 Å². The van der Waals surface area contributed by atoms with Gasteiger partial charge in [-0.2, -0.15) is 0 Å². The van der Waals surface area contributed by atoms with Crippen LogP contribution in [0.2, 0.25) is 0 Å². The van der Waals surface area contributed by atoms with E-state index in [9.17, 15) is 18.1 Å². The van der Waals surface area contributed by atoms with Gasteiger partial charge >= 0.3 is 51.4 Å². The summed E-state index contributed by atoms with van der Waals surface area (Å²) >= 11 is 0. The molecule has 0 spiro atoms. The largest absolute Gasteiger partial charge is 1.00 e. The first-order chi connectivity index (χ1) is 14.4. The average molecular weight is 463 g/mol. The Morgan fingerprint density at radius 2 is 1.52 bits per heavy atom. The van der Waals surface area contributed by atoms with E-state index in [0.717, 1.165) is 52.1 Å². The van der Waals surface area contributed by atoms with Gasteiger partial charge in [0.25, 0.3) is 10.4 Å². The number of methoxy groups -OCH3 is 2. The van der Waals surface area contributed by atoms with Crippen molar-refractivity contribution in [1.29, 1.82) is 0 Å². The van der Waals surface area contributed by atoms with Crippen molar-refractivity contribution in [3.05, 3.63) is 11.1 Å². The van der Waals surface area contributed by atoms with Crippen molar-refractivity contribution in [3.63, 3.8) is 0 Å². The zero-order valence-electron chi connectivity index (χ0n) is 20.3. The van der Waals surface area contributed by atoms with Crippen molar-refractivity contribution in [3.8, 4) is 23.0 Å². The summed E-state index contributed by atoms with van der Waals surface area (Å²) in [5, 5.41) is 19.4. The summed E-state index contributed by atoms with van der Waals surface area (Å²) in [6.07, 6.45) is 7.79. The molecule has 162 valence electrons. The van der Waals surface area contributed by atoms with Crippen LogP contribution in [0.15, 0.2) is 0 Å². The number of benzene rings is 1. The van der Waals surface area contributed by atoms with Gasteiger partial charge in [-0.05, 0) is 26.2 Å². The Balaban J connectivity index is 0.00000961. The van der Waals surface area contributed by atoms with E-state index in [0.29, 0.717) is 12.8 Å². The molecule has 2 N–H and O–H groups in total. The molecule has 0 aliphatic carbocycles. The number of unbranched alkanes of at least 4 members (excludes halogenated alkanes) is 7. The predicted molar refractivity (Wildman–Crippen MR) is 104 cm³/mol. The molecule has 0 fully saturated rings. The van der Waals surface area contributed by atoms with Crippen molar-refractivity contribution in [2.75, 3.05) is 20.8 Å². The molecule has 8 nitrogen and oxygen atoms in total. The van der Waals surface area contributed by atoms with Gasteiger partial charge in [0.05, 0.1) is 18.3 Å². The van der Waals surface area contributed by atoms with Crippen LogP contribution < -0.4 is 65.0 Å². The van der Waals surface area contributed by atoms with Gasteiger partial charge in [-0.1, -0.05) is 38.5 Å². The maximum atomic E-state index is 11.2. The molecule has 0 amide bonds. The normalized spacial score (nSPS) is 13.0. The Hall–Kier alpha value is -0.0736. The van der Waals surface area contributed by atoms with E-state index in [2.05, 4.69) is 4.18 Å². The molecule has 0 saturated carbocycles. The smallest absolute Gasteiger partial charge is 0.716 e. The van der Waals surface area contributed by atoms with Crippen molar-refractivity contribution in [1.82, 2.24) is 0 Å². The Morgan fingerprint density at radius 3 is 2.00 bits per heavy atom. The summed E-state index contributed by atoms with van der Waals surface area (Å²) in [6.45, 7) is 1.62. The van der Waals surface area contributed by atoms with Gasteiger partial charge in [0, 0.05) is 17.7 Å². The minimum absolute atomic E-state index is 0. The van der Waals surface area contributed by atoms with Crippen molar-refractivity contribution in [2.24, 2.45) is 0 Å². The van der Waals surface area contributed by atoms with E-state index < -0.39 is 34.7 Å². The fourth-order valence-corrected chi connectivity index (χ4v) is 3.50. The van der Waals surface area contributed by atoms with E-state index in [1.165, 1.54) is 6.92 Å². The summed E-state index contributed by atoms with van der Waals surface area (Å²) < 4.78 is 69.7. The SMILES string of the molecule is [2H][13C]([2H])([2H])Oc1c(OS(=O)(=O)[O-])c(C)c(CCCCCCCCCCO)c(O)c1OC.[K+]. The first kappa shape index (κ1) is 23.6. The second-order valence-electron chi connectivity index (χ2n) is 6.54. The van der Waals surface area contributed by atoms with Crippen LogP contribution in [0.1, 0.15) is 66.6 Å². The number of ether oxygens (including phenoxy) is 2. The Bertz CT molecular complexity index is 816. The Kier molecular flexibility index (Phi) is 12.1. The number of rotatable bonds is 14. The minimum Gasteiger partial charge on any atom is -0.716 e. The van der Waals surface area contributed by atoms with Crippen molar-refractivity contribution >= 4 is 10.4 Å². The number of hydrogen-bond acceptors (Lipinski definition) is 8. The van der Waals surface area contributed by atoms with Gasteiger partial charge in [0.2, 0.25) is 11.5 Å². The summed E-state index contributed by atoms with van der Waals surface area (Å²) in [7, 11) is -7.10. The quantitative estimate of drug-likeness (QED) is 0.132. The summed E-state index contributed by atoms with van der Waals surface area (Å²) in [6, 6.07) is 0. The zero-order valence-corrected chi connectivity index (χ0v) is 21.3. The first-order valence-corrected chi connectivity index (χ1v) is 10.6. The van der Waals surface area contributed by atoms with Crippen LogP contribution >= 0.6 is 0 Å². The molecule has 0 heterocycles. The molecule has 0 aliphatic rings. The van der Waals surface area contributed by atoms with Crippen LogP contribution in [0, 0.1) is 6.92 Å². The van der Waals surface area contributed by atoms with E-state index in [1.807, 2.05) is 0 Å². The molecule has 0 aliphatic heterocycles. The number of phenols is 1. The maximum Gasteiger partial charge on any atom is 1.00 e. The van der Waals surface area contributed by atoms with Gasteiger partial charge < -0.3 is 28.4 Å². The van der Waals surface area contributed by atoms with Crippen molar-refractivity contribution < 1.29 is 92.3 Å². The Labute approximate surface area is 220 Å². The third-order valence-electron chi connectivity index (χ3n) is 4.53. The molecule has 29 heavy (non-hydrogen) atoms. The number of aliphatic hydroxyl groups is 1. The molecule has 1 rings (SSSR count). The van der Waals surface area contributed by atoms with Crippen LogP contribution in [-0.4, -0.2) is 43.9 Å². The zero-order chi connectivity index (χ0) is 23.7. The van der Waals surface area contributed by atoms with E-state index in [1.54, 1.807) is 0 Å². The number of aliphatic hydroxyl groups excluding tert-OH is 1. The third kappa shape index (κ3) is 9.73. The third-order valence-corrected chi connectivity index (χ3v) is 4.90. The van der Waals surface area contributed by atoms with E-state index in [-0.39, 0.29) is 74.9 Å². The summed E-state index contributed by atoms with van der Waals surface area (Å²) in [5.41, 5.74) is 0.373. The summed E-state index contributed by atoms with van der Waals surface area (Å²) in [4.78, 5) is 0. The molecule has 0 unspecified atom stereocenters. The molecule has 10 heteroatoms. The molecule has 0 aromatic heterocycles. The second kappa shape index (κ2) is 14.8. The summed E-state index contributed by atoms with van der Waals surface area (Å²) in [5.74, 6) is -2.10. The predicted octanol–water partition coefficient (Wildman–Crippen LogP) is 0.216. The van der Waals surface area contributed by atoms with Gasteiger partial charge in [-0.25, -0.2) is 8.42 Å². The maximum absolute atomic E-state index is 11.2. The molecular formula is C19H31KO8S. The van der Waals surface area contributed by atoms with Crippen LogP contribution in [0.4, 0.5) is 0 Å². The van der Waals surface area contributed by atoms with Gasteiger partial charge in [-0.15, -0.1) is 0 Å². The molecule has 1 aromatic carbocycles. The fraction of sp³-hybridized carbons (Fsp3) is 0.684. The molecule has 0 saturated heterocycles. The molecular weight excluding hydrogens is 428 g/mol. The number of phenolic OH excluding ortho intramolecular Hbond substituents is 1. The van der Waals surface area contributed by atoms with Crippen LogP contribution in [0.3, 0.4) is 0 Å². The van der Waals surface area contributed by atoms with Crippen molar-refractivity contribution in [2.45, 2.75) is 64.7 Å². The van der Waals surface area contributed by atoms with Crippen LogP contribution in [0.25, 0.3) is 0 Å². The van der Waals surface area contributed by atoms with Gasteiger partial charge in [0.15, 0.2) is 11.5 Å². The number of aromatic hydroxyl groups is 1. The van der Waals surface area contributed by atoms with Gasteiger partial charge in [0.1, 0.15) is 0 Å². The topological polar surface area (TPSA) is 125 Å². The standard InChI is InChI=1S/C19H32O8S.K/c1-14-15(12-10-8-6-4-5-7-9-11-13-20)16(21)18(25-2)19(26-3)17(14)27-28(22,23)24;/h20-21H,4-13H2,1-3H3,(H,22,23,24);/q;+1/p-1/i3+1D3;. The van der Waals surface area contributed by atoms with Crippen LogP contribution in [-0.2, 0) is 16.8 Å². The monoisotopic (exact) mass is 462 g/mol. The minimum atomic E-state index is -5.24. The molecule has 0 atom stereocenters. The fourth-order valence-electron chi connectivity index (χ4n) is 3.10. The van der Waals surface area contributed by atoms with Gasteiger partial charge in [-0.3, -0.25) is 0 Å². The molecule has 0 radical (unpaired) electrons.